The maximum Gasteiger partial charge on any atom is 0.0661 e. The number of benzene rings is 4. The van der Waals surface area contributed by atoms with E-state index in [0.29, 0.717) is 0 Å². The summed E-state index contributed by atoms with van der Waals surface area (Å²) in [6.45, 7) is 27.0. The quantitative estimate of drug-likeness (QED) is 0.235. The first kappa shape index (κ1) is 30.9. The van der Waals surface area contributed by atoms with Gasteiger partial charge in [0.05, 0.1) is 11.4 Å². The van der Waals surface area contributed by atoms with Gasteiger partial charge in [-0.15, -0.1) is 0 Å². The molecule has 0 amide bonds. The third kappa shape index (κ3) is 6.72. The maximum atomic E-state index is 3.95. The lowest BCUT2D eigenvalue weighted by molar-refractivity contribution is 0.570. The van der Waals surface area contributed by atoms with E-state index in [1.54, 1.807) is 0 Å². The summed E-state index contributed by atoms with van der Waals surface area (Å²) in [6, 6.07) is 20.4. The van der Waals surface area contributed by atoms with Crippen molar-refractivity contribution >= 4 is 38.7 Å². The summed E-state index contributed by atoms with van der Waals surface area (Å²) >= 11 is 3.77. The predicted octanol–water partition coefficient (Wildman–Crippen LogP) is 12.0. The van der Waals surface area contributed by atoms with E-state index in [1.165, 1.54) is 61.3 Å². The zero-order chi connectivity index (χ0) is 30.4. The molecule has 4 rings (SSSR count). The molecule has 0 aliphatic carbocycles. The van der Waals surface area contributed by atoms with Crippen molar-refractivity contribution in [3.8, 4) is 11.1 Å². The van der Waals surface area contributed by atoms with Gasteiger partial charge in [0.2, 0.25) is 0 Å². The van der Waals surface area contributed by atoms with Gasteiger partial charge in [0, 0.05) is 21.4 Å². The van der Waals surface area contributed by atoms with Gasteiger partial charge in [0.25, 0.3) is 0 Å². The molecule has 0 aromatic heterocycles. The lowest BCUT2D eigenvalue weighted by Gasteiger charge is -2.31. The van der Waals surface area contributed by atoms with E-state index >= 15 is 0 Å². The number of aryl methyl sites for hydroxylation is 6. The van der Waals surface area contributed by atoms with Crippen LogP contribution in [0.1, 0.15) is 86.1 Å². The Hall–Kier alpha value is -3.04. The Morgan fingerprint density at radius 1 is 0.537 bits per heavy atom. The molecule has 0 unspecified atom stereocenters. The molecule has 3 heteroatoms. The Balaban J connectivity index is 2.01. The molecule has 2 nitrogen and oxygen atoms in total. The molecule has 0 atom stereocenters. The van der Waals surface area contributed by atoms with Crippen LogP contribution < -0.4 is 10.6 Å². The minimum atomic E-state index is -0.0727. The van der Waals surface area contributed by atoms with E-state index in [1.807, 2.05) is 0 Å². The van der Waals surface area contributed by atoms with Gasteiger partial charge in [-0.3, -0.25) is 0 Å². The molecule has 4 aromatic rings. The summed E-state index contributed by atoms with van der Waals surface area (Å²) in [5, 5.41) is 7.89. The number of hydrogen-bond acceptors (Lipinski definition) is 2. The molecule has 216 valence electrons. The average molecular weight is 612 g/mol. The van der Waals surface area contributed by atoms with Crippen LogP contribution in [0.15, 0.2) is 59.1 Å². The van der Waals surface area contributed by atoms with Gasteiger partial charge in [0.1, 0.15) is 0 Å². The fourth-order valence-corrected chi connectivity index (χ4v) is 6.35. The highest BCUT2D eigenvalue weighted by Crippen LogP contribution is 2.45. The third-order valence-electron chi connectivity index (χ3n) is 7.94. The van der Waals surface area contributed by atoms with Crippen LogP contribution in [0.25, 0.3) is 11.1 Å². The molecule has 0 bridgehead atoms. The van der Waals surface area contributed by atoms with Crippen LogP contribution in [0.4, 0.5) is 22.7 Å². The van der Waals surface area contributed by atoms with Crippen LogP contribution in [-0.2, 0) is 10.8 Å². The first-order valence-electron chi connectivity index (χ1n) is 14.6. The van der Waals surface area contributed by atoms with Gasteiger partial charge in [0.15, 0.2) is 0 Å². The zero-order valence-corrected chi connectivity index (χ0v) is 28.7. The second-order valence-electron chi connectivity index (χ2n) is 13.9. The molecule has 0 aliphatic heterocycles. The molecule has 0 spiro atoms. The minimum Gasteiger partial charge on any atom is -0.353 e. The molecular formula is C38H47BrN2. The van der Waals surface area contributed by atoms with Crippen LogP contribution in [0.5, 0.6) is 0 Å². The summed E-state index contributed by atoms with van der Waals surface area (Å²) in [5.41, 5.74) is 17.1. The highest BCUT2D eigenvalue weighted by atomic mass is 79.9. The van der Waals surface area contributed by atoms with E-state index in [2.05, 4.69) is 164 Å². The summed E-state index contributed by atoms with van der Waals surface area (Å²) in [7, 11) is 0. The molecule has 4 aromatic carbocycles. The topological polar surface area (TPSA) is 24.1 Å². The van der Waals surface area contributed by atoms with E-state index in [0.717, 1.165) is 21.5 Å². The van der Waals surface area contributed by atoms with Crippen LogP contribution >= 0.6 is 15.9 Å². The Morgan fingerprint density at radius 2 is 1.07 bits per heavy atom. The maximum absolute atomic E-state index is 3.95. The highest BCUT2D eigenvalue weighted by Gasteiger charge is 2.26. The molecule has 0 aliphatic rings. The first-order chi connectivity index (χ1) is 19.0. The van der Waals surface area contributed by atoms with Crippen molar-refractivity contribution in [3.05, 3.63) is 104 Å². The Bertz CT molecular complexity index is 1570. The van der Waals surface area contributed by atoms with Crippen molar-refractivity contribution in [2.75, 3.05) is 10.6 Å². The standard InChI is InChI=1S/C38H47BrN2/c1-22-15-24(3)34(25(4)16-22)30-14-13-29(39)21-32(30)40-33-20-28(37(7,8)9)19-31(38(10,11)12)36(33)41-35-26(5)17-23(2)18-27(35)6/h13-21,40-41H,1-12H3. The van der Waals surface area contributed by atoms with Gasteiger partial charge in [-0.2, -0.15) is 0 Å². The second kappa shape index (κ2) is 11.3. The van der Waals surface area contributed by atoms with Crippen molar-refractivity contribution in [3.63, 3.8) is 0 Å². The highest BCUT2D eigenvalue weighted by molar-refractivity contribution is 9.10. The smallest absolute Gasteiger partial charge is 0.0661 e. The number of rotatable bonds is 5. The van der Waals surface area contributed by atoms with Crippen molar-refractivity contribution in [2.45, 2.75) is 93.9 Å². The summed E-state index contributed by atoms with van der Waals surface area (Å²) in [5.74, 6) is 0. The van der Waals surface area contributed by atoms with Crippen LogP contribution in [0.3, 0.4) is 0 Å². The first-order valence-corrected chi connectivity index (χ1v) is 15.4. The Morgan fingerprint density at radius 3 is 1.59 bits per heavy atom. The molecule has 0 radical (unpaired) electrons. The fourth-order valence-electron chi connectivity index (χ4n) is 5.99. The SMILES string of the molecule is Cc1cc(C)c(Nc2c(Nc3cc(Br)ccc3-c3c(C)cc(C)cc3C)cc(C(C)(C)C)cc2C(C)(C)C)c(C)c1. The predicted molar refractivity (Wildman–Crippen MR) is 185 cm³/mol. The monoisotopic (exact) mass is 610 g/mol. The molecule has 0 saturated carbocycles. The second-order valence-corrected chi connectivity index (χ2v) is 14.8. The fraction of sp³-hybridized carbons (Fsp3) is 0.368. The Kier molecular flexibility index (Phi) is 8.54. The lowest BCUT2D eigenvalue weighted by Crippen LogP contribution is -2.19. The van der Waals surface area contributed by atoms with Crippen molar-refractivity contribution in [1.82, 2.24) is 0 Å². The van der Waals surface area contributed by atoms with Gasteiger partial charge < -0.3 is 10.6 Å². The van der Waals surface area contributed by atoms with Crippen LogP contribution in [0, 0.1) is 41.5 Å². The van der Waals surface area contributed by atoms with Crippen LogP contribution in [0.2, 0.25) is 0 Å². The number of halogens is 1. The van der Waals surface area contributed by atoms with Gasteiger partial charge in [-0.05, 0) is 110 Å². The normalized spacial score (nSPS) is 12.0. The molecular weight excluding hydrogens is 564 g/mol. The Labute approximate surface area is 257 Å². The zero-order valence-electron chi connectivity index (χ0n) is 27.1. The van der Waals surface area contributed by atoms with Crippen molar-refractivity contribution in [1.29, 1.82) is 0 Å². The van der Waals surface area contributed by atoms with Crippen molar-refractivity contribution in [2.24, 2.45) is 0 Å². The number of anilines is 4. The van der Waals surface area contributed by atoms with E-state index in [-0.39, 0.29) is 10.8 Å². The van der Waals surface area contributed by atoms with Gasteiger partial charge >= 0.3 is 0 Å². The molecule has 0 heterocycles. The summed E-state index contributed by atoms with van der Waals surface area (Å²) in [6.07, 6.45) is 0. The largest absolute Gasteiger partial charge is 0.353 e. The molecule has 2 N–H and O–H groups in total. The van der Waals surface area contributed by atoms with Gasteiger partial charge in [-0.25, -0.2) is 0 Å². The van der Waals surface area contributed by atoms with E-state index in [9.17, 15) is 0 Å². The van der Waals surface area contributed by atoms with E-state index in [4.69, 9.17) is 0 Å². The minimum absolute atomic E-state index is 0.00507. The third-order valence-corrected chi connectivity index (χ3v) is 8.43. The molecule has 0 saturated heterocycles. The molecule has 0 fully saturated rings. The lowest BCUT2D eigenvalue weighted by atomic mass is 9.79. The summed E-state index contributed by atoms with van der Waals surface area (Å²) < 4.78 is 1.05. The number of hydrogen-bond donors (Lipinski definition) is 2. The number of nitrogens with one attached hydrogen (secondary N) is 2. The average Bonchev–Trinajstić information content (AvgIpc) is 2.81. The molecule has 41 heavy (non-hydrogen) atoms. The van der Waals surface area contributed by atoms with Gasteiger partial charge in [-0.1, -0.05) is 105 Å². The summed E-state index contributed by atoms with van der Waals surface area (Å²) in [4.78, 5) is 0. The van der Waals surface area contributed by atoms with Crippen LogP contribution in [-0.4, -0.2) is 0 Å². The van der Waals surface area contributed by atoms with E-state index < -0.39 is 0 Å². The van der Waals surface area contributed by atoms with Crippen molar-refractivity contribution < 1.29 is 0 Å².